The number of ketones is 1. The van der Waals surface area contributed by atoms with Crippen LogP contribution in [0.25, 0.3) is 0 Å². The van der Waals surface area contributed by atoms with Crippen molar-refractivity contribution >= 4 is 17.6 Å². The van der Waals surface area contributed by atoms with E-state index in [1.165, 1.54) is 6.42 Å². The van der Waals surface area contributed by atoms with Gasteiger partial charge in [0, 0.05) is 50.5 Å². The Bertz CT molecular complexity index is 729. The van der Waals surface area contributed by atoms with E-state index in [2.05, 4.69) is 0 Å². The lowest BCUT2D eigenvalue weighted by Gasteiger charge is -2.35. The van der Waals surface area contributed by atoms with Gasteiger partial charge in [0.2, 0.25) is 11.8 Å². The number of aryl methyl sites for hydroxylation is 2. The minimum atomic E-state index is 0.0301. The summed E-state index contributed by atoms with van der Waals surface area (Å²) in [6.07, 6.45) is 5.41. The van der Waals surface area contributed by atoms with Crippen molar-refractivity contribution in [3.8, 4) is 0 Å². The van der Waals surface area contributed by atoms with Crippen LogP contribution < -0.4 is 0 Å². The lowest BCUT2D eigenvalue weighted by Crippen LogP contribution is -2.45. The molecule has 0 radical (unpaired) electrons. The van der Waals surface area contributed by atoms with Crippen LogP contribution in [0.1, 0.15) is 66.4 Å². The van der Waals surface area contributed by atoms with E-state index in [4.69, 9.17) is 0 Å². The minimum absolute atomic E-state index is 0.0301. The van der Waals surface area contributed by atoms with Crippen molar-refractivity contribution in [1.29, 1.82) is 0 Å². The first-order valence-electron chi connectivity index (χ1n) is 10.6. The predicted octanol–water partition coefficient (Wildman–Crippen LogP) is 3.52. The van der Waals surface area contributed by atoms with Crippen LogP contribution in [-0.2, 0) is 9.59 Å². The molecule has 0 aliphatic carbocycles. The van der Waals surface area contributed by atoms with Gasteiger partial charge in [-0.15, -0.1) is 0 Å². The van der Waals surface area contributed by atoms with Gasteiger partial charge in [-0.2, -0.15) is 0 Å². The molecule has 0 atom stereocenters. The van der Waals surface area contributed by atoms with Gasteiger partial charge in [0.05, 0.1) is 0 Å². The molecule has 0 unspecified atom stereocenters. The second kappa shape index (κ2) is 9.35. The van der Waals surface area contributed by atoms with E-state index in [1.54, 1.807) is 0 Å². The van der Waals surface area contributed by atoms with Crippen LogP contribution >= 0.6 is 0 Å². The number of nitrogens with zero attached hydrogens (tertiary/aromatic N) is 2. The molecule has 0 N–H and O–H groups in total. The molecular formula is C23H32N2O3. The summed E-state index contributed by atoms with van der Waals surface area (Å²) in [6, 6.07) is 5.85. The SMILES string of the molecule is Cc1ccc(C)c(C(=O)CCC(=O)N2CCC(C(=O)N3CCCCC3)CC2)c1. The number of likely N-dealkylation sites (tertiary alicyclic amines) is 2. The summed E-state index contributed by atoms with van der Waals surface area (Å²) in [6.45, 7) is 6.92. The fourth-order valence-corrected chi connectivity index (χ4v) is 4.30. The Balaban J connectivity index is 1.45. The van der Waals surface area contributed by atoms with E-state index in [1.807, 2.05) is 41.8 Å². The summed E-state index contributed by atoms with van der Waals surface area (Å²) >= 11 is 0. The molecule has 152 valence electrons. The van der Waals surface area contributed by atoms with Gasteiger partial charge in [-0.3, -0.25) is 14.4 Å². The molecule has 1 aromatic rings. The number of benzene rings is 1. The average Bonchev–Trinajstić information content (AvgIpc) is 2.73. The largest absolute Gasteiger partial charge is 0.343 e. The third-order valence-corrected chi connectivity index (χ3v) is 6.12. The summed E-state index contributed by atoms with van der Waals surface area (Å²) in [5.74, 6) is 0.392. The van der Waals surface area contributed by atoms with Gasteiger partial charge in [0.25, 0.3) is 0 Å². The van der Waals surface area contributed by atoms with Crippen molar-refractivity contribution < 1.29 is 14.4 Å². The number of hydrogen-bond donors (Lipinski definition) is 0. The highest BCUT2D eigenvalue weighted by Crippen LogP contribution is 2.23. The van der Waals surface area contributed by atoms with Crippen LogP contribution in [0, 0.1) is 19.8 Å². The fourth-order valence-electron chi connectivity index (χ4n) is 4.30. The molecule has 2 saturated heterocycles. The zero-order valence-electron chi connectivity index (χ0n) is 17.2. The van der Waals surface area contributed by atoms with E-state index < -0.39 is 0 Å². The van der Waals surface area contributed by atoms with Crippen molar-refractivity contribution in [1.82, 2.24) is 9.80 Å². The highest BCUT2D eigenvalue weighted by Gasteiger charge is 2.30. The second-order valence-electron chi connectivity index (χ2n) is 8.28. The molecule has 1 aromatic carbocycles. The highest BCUT2D eigenvalue weighted by atomic mass is 16.2. The van der Waals surface area contributed by atoms with E-state index >= 15 is 0 Å². The Morgan fingerprint density at radius 2 is 1.57 bits per heavy atom. The molecule has 0 aromatic heterocycles. The molecule has 0 bridgehead atoms. The van der Waals surface area contributed by atoms with Gasteiger partial charge in [-0.1, -0.05) is 17.7 Å². The maximum atomic E-state index is 12.6. The third-order valence-electron chi connectivity index (χ3n) is 6.12. The van der Waals surface area contributed by atoms with Crippen LogP contribution in [0.3, 0.4) is 0 Å². The normalized spacial score (nSPS) is 18.2. The van der Waals surface area contributed by atoms with Crippen LogP contribution in [-0.4, -0.2) is 53.6 Å². The van der Waals surface area contributed by atoms with Crippen molar-refractivity contribution in [3.05, 3.63) is 34.9 Å². The third kappa shape index (κ3) is 5.00. The minimum Gasteiger partial charge on any atom is -0.343 e. The van der Waals surface area contributed by atoms with Gasteiger partial charge >= 0.3 is 0 Å². The molecule has 5 heteroatoms. The first kappa shape index (κ1) is 20.6. The quantitative estimate of drug-likeness (QED) is 0.730. The first-order valence-corrected chi connectivity index (χ1v) is 10.6. The van der Waals surface area contributed by atoms with Gasteiger partial charge in [0.1, 0.15) is 0 Å². The number of amides is 2. The monoisotopic (exact) mass is 384 g/mol. The number of piperidine rings is 2. The summed E-state index contributed by atoms with van der Waals surface area (Å²) < 4.78 is 0. The van der Waals surface area contributed by atoms with E-state index in [0.717, 1.165) is 55.5 Å². The topological polar surface area (TPSA) is 57.7 Å². The van der Waals surface area contributed by atoms with Crippen molar-refractivity contribution in [2.45, 2.75) is 58.8 Å². The smallest absolute Gasteiger partial charge is 0.225 e. The Morgan fingerprint density at radius 3 is 2.25 bits per heavy atom. The second-order valence-corrected chi connectivity index (χ2v) is 8.28. The summed E-state index contributed by atoms with van der Waals surface area (Å²) in [7, 11) is 0. The molecular weight excluding hydrogens is 352 g/mol. The van der Waals surface area contributed by atoms with Gasteiger partial charge in [-0.05, 0) is 57.6 Å². The van der Waals surface area contributed by atoms with Crippen LogP contribution in [0.5, 0.6) is 0 Å². The standard InChI is InChI=1S/C23H32N2O3/c1-17-6-7-18(2)20(16-17)21(26)8-9-22(27)24-14-10-19(11-15-24)23(28)25-12-4-3-5-13-25/h6-7,16,19H,3-5,8-15H2,1-2H3. The number of carbonyl (C=O) groups excluding carboxylic acids is 3. The maximum Gasteiger partial charge on any atom is 0.225 e. The van der Waals surface area contributed by atoms with Gasteiger partial charge in [0.15, 0.2) is 5.78 Å². The Labute approximate surface area is 168 Å². The van der Waals surface area contributed by atoms with Gasteiger partial charge < -0.3 is 9.80 Å². The van der Waals surface area contributed by atoms with Crippen LogP contribution in [0.4, 0.5) is 0 Å². The van der Waals surface area contributed by atoms with E-state index in [0.29, 0.717) is 13.1 Å². The molecule has 0 spiro atoms. The summed E-state index contributed by atoms with van der Waals surface area (Å²) in [5, 5.41) is 0. The summed E-state index contributed by atoms with van der Waals surface area (Å²) in [5.41, 5.74) is 2.74. The molecule has 2 fully saturated rings. The molecule has 3 rings (SSSR count). The number of carbonyl (C=O) groups is 3. The molecule has 28 heavy (non-hydrogen) atoms. The Kier molecular flexibility index (Phi) is 6.87. The molecule has 0 saturated carbocycles. The number of hydrogen-bond acceptors (Lipinski definition) is 3. The molecule has 2 amide bonds. The lowest BCUT2D eigenvalue weighted by molar-refractivity contribution is -0.141. The first-order chi connectivity index (χ1) is 13.5. The Hall–Kier alpha value is -2.17. The lowest BCUT2D eigenvalue weighted by atomic mass is 9.94. The zero-order chi connectivity index (χ0) is 20.1. The highest BCUT2D eigenvalue weighted by molar-refractivity contribution is 5.99. The Morgan fingerprint density at radius 1 is 0.893 bits per heavy atom. The number of Topliss-reactive ketones (excluding diaryl/α,β-unsaturated/α-hetero) is 1. The molecule has 2 aliphatic heterocycles. The van der Waals surface area contributed by atoms with Crippen molar-refractivity contribution in [3.63, 3.8) is 0 Å². The fraction of sp³-hybridized carbons (Fsp3) is 0.609. The zero-order valence-corrected chi connectivity index (χ0v) is 17.2. The van der Waals surface area contributed by atoms with E-state index in [-0.39, 0.29) is 36.4 Å². The van der Waals surface area contributed by atoms with Crippen molar-refractivity contribution in [2.24, 2.45) is 5.92 Å². The molecule has 2 aliphatic rings. The average molecular weight is 385 g/mol. The van der Waals surface area contributed by atoms with Crippen LogP contribution in [0.2, 0.25) is 0 Å². The van der Waals surface area contributed by atoms with Gasteiger partial charge in [-0.25, -0.2) is 0 Å². The molecule has 2 heterocycles. The molecule has 5 nitrogen and oxygen atoms in total. The van der Waals surface area contributed by atoms with E-state index in [9.17, 15) is 14.4 Å². The summed E-state index contributed by atoms with van der Waals surface area (Å²) in [4.78, 5) is 41.5. The van der Waals surface area contributed by atoms with Crippen LogP contribution in [0.15, 0.2) is 18.2 Å². The van der Waals surface area contributed by atoms with Crippen molar-refractivity contribution in [2.75, 3.05) is 26.2 Å². The number of rotatable bonds is 5. The maximum absolute atomic E-state index is 12.6. The predicted molar refractivity (Wildman–Crippen MR) is 109 cm³/mol.